The Kier molecular flexibility index (Phi) is 6.96. The van der Waals surface area contributed by atoms with Crippen molar-refractivity contribution in [2.75, 3.05) is 7.05 Å². The predicted molar refractivity (Wildman–Crippen MR) is 155 cm³/mol. The fourth-order valence-corrected chi connectivity index (χ4v) is 7.79. The monoisotopic (exact) mass is 524 g/mol. The van der Waals surface area contributed by atoms with Crippen LogP contribution in [0.3, 0.4) is 0 Å². The van der Waals surface area contributed by atoms with Gasteiger partial charge in [0.25, 0.3) is 11.8 Å². The molecule has 3 heterocycles. The molecular formula is C33H36N2O2S. The van der Waals surface area contributed by atoms with E-state index in [4.69, 9.17) is 0 Å². The van der Waals surface area contributed by atoms with Gasteiger partial charge in [-0.25, -0.2) is 0 Å². The van der Waals surface area contributed by atoms with E-state index in [1.807, 2.05) is 54.1 Å². The molecule has 38 heavy (non-hydrogen) atoms. The second kappa shape index (κ2) is 10.5. The summed E-state index contributed by atoms with van der Waals surface area (Å²) in [6.07, 6.45) is 12.3. The summed E-state index contributed by atoms with van der Waals surface area (Å²) in [5.74, 6) is 0.876. The van der Waals surface area contributed by atoms with Gasteiger partial charge in [-0.15, -0.1) is 11.3 Å². The average Bonchev–Trinajstić information content (AvgIpc) is 3.57. The highest BCUT2D eigenvalue weighted by molar-refractivity contribution is 7.17. The molecule has 1 saturated carbocycles. The third kappa shape index (κ3) is 4.51. The number of allylic oxidation sites excluding steroid dienone is 1. The number of piperidine rings is 1. The zero-order valence-corrected chi connectivity index (χ0v) is 23.1. The van der Waals surface area contributed by atoms with E-state index in [-0.39, 0.29) is 29.9 Å². The van der Waals surface area contributed by atoms with Crippen molar-refractivity contribution in [3.63, 3.8) is 0 Å². The van der Waals surface area contributed by atoms with E-state index in [1.165, 1.54) is 43.2 Å². The Morgan fingerprint density at radius 3 is 2.50 bits per heavy atom. The number of hydrogen-bond donors (Lipinski definition) is 0. The van der Waals surface area contributed by atoms with E-state index >= 15 is 0 Å². The number of amides is 2. The van der Waals surface area contributed by atoms with Crippen LogP contribution in [0.5, 0.6) is 0 Å². The molecule has 0 bridgehead atoms. The topological polar surface area (TPSA) is 40.6 Å². The Hall–Kier alpha value is -3.18. The number of nitrogens with zero attached hydrogens (tertiary/aromatic N) is 2. The second-order valence-corrected chi connectivity index (χ2v) is 12.2. The number of carbonyl (C=O) groups is 2. The number of rotatable bonds is 5. The van der Waals surface area contributed by atoms with Gasteiger partial charge >= 0.3 is 0 Å². The predicted octanol–water partition coefficient (Wildman–Crippen LogP) is 7.84. The summed E-state index contributed by atoms with van der Waals surface area (Å²) in [5.41, 5.74) is 4.53. The fourth-order valence-electron chi connectivity index (χ4n) is 6.79. The van der Waals surface area contributed by atoms with Gasteiger partial charge in [0.1, 0.15) is 0 Å². The van der Waals surface area contributed by atoms with Crippen molar-refractivity contribution in [2.45, 2.75) is 75.9 Å². The summed E-state index contributed by atoms with van der Waals surface area (Å²) in [7, 11) is 1.93. The fraction of sp³-hybridized carbons (Fsp3) is 0.394. The summed E-state index contributed by atoms with van der Waals surface area (Å²) < 4.78 is 0. The van der Waals surface area contributed by atoms with Gasteiger partial charge in [0.05, 0.1) is 17.0 Å². The standard InChI is InChI=1S/C33H36N2O2S/c1-3-9-25-20-26(21-29-27-12-7-8-13-28(27)32(36)35(25)29)34(2)33(37)31-19-18-30(38-31)24-16-14-23(15-17-24)22-10-5-4-6-11-22/h3,7-9,12-19,22,25-26,29H,4-6,10-11,20-21H2,1-2H3/b9-3+/t25-,26+,29+/m1/s1. The Morgan fingerprint density at radius 2 is 1.74 bits per heavy atom. The van der Waals surface area contributed by atoms with Gasteiger partial charge in [-0.3, -0.25) is 9.59 Å². The first-order chi connectivity index (χ1) is 18.5. The van der Waals surface area contributed by atoms with E-state index in [9.17, 15) is 9.59 Å². The van der Waals surface area contributed by atoms with Crippen LogP contribution < -0.4 is 0 Å². The summed E-state index contributed by atoms with van der Waals surface area (Å²) in [6.45, 7) is 2.00. The van der Waals surface area contributed by atoms with Gasteiger partial charge in [0, 0.05) is 23.5 Å². The van der Waals surface area contributed by atoms with Crippen molar-refractivity contribution in [2.24, 2.45) is 0 Å². The van der Waals surface area contributed by atoms with E-state index in [2.05, 4.69) is 42.5 Å². The normalized spacial score (nSPS) is 23.5. The summed E-state index contributed by atoms with van der Waals surface area (Å²) >= 11 is 1.58. The number of hydrogen-bond acceptors (Lipinski definition) is 3. The molecular weight excluding hydrogens is 488 g/mol. The SMILES string of the molecule is C/C=C/[C@@H]1C[C@H](N(C)C(=O)c2ccc(-c3ccc(C4CCCCC4)cc3)s2)C[C@H]2c3ccccc3C(=O)N12. The van der Waals surface area contributed by atoms with Gasteiger partial charge in [-0.05, 0) is 73.4 Å². The van der Waals surface area contributed by atoms with Gasteiger partial charge in [-0.2, -0.15) is 0 Å². The molecule has 2 amide bonds. The first-order valence-corrected chi connectivity index (χ1v) is 14.9. The molecule has 4 nitrogen and oxygen atoms in total. The quantitative estimate of drug-likeness (QED) is 0.319. The third-order valence-electron chi connectivity index (χ3n) is 8.86. The lowest BCUT2D eigenvalue weighted by atomic mass is 9.84. The number of carbonyl (C=O) groups excluding carboxylic acids is 2. The molecule has 3 aromatic rings. The van der Waals surface area contributed by atoms with E-state index in [1.54, 1.807) is 11.3 Å². The van der Waals surface area contributed by atoms with Crippen LogP contribution in [0.1, 0.15) is 95.0 Å². The number of thiophene rings is 1. The van der Waals surface area contributed by atoms with Crippen molar-refractivity contribution in [1.82, 2.24) is 9.80 Å². The van der Waals surface area contributed by atoms with Crippen LogP contribution in [0.4, 0.5) is 0 Å². The molecule has 0 unspecified atom stereocenters. The summed E-state index contributed by atoms with van der Waals surface area (Å²) in [5, 5.41) is 0. The first-order valence-electron chi connectivity index (χ1n) is 14.1. The van der Waals surface area contributed by atoms with Gasteiger partial charge in [0.15, 0.2) is 0 Å². The van der Waals surface area contributed by atoms with Crippen LogP contribution >= 0.6 is 11.3 Å². The minimum Gasteiger partial charge on any atom is -0.338 e. The largest absolute Gasteiger partial charge is 0.338 e. The van der Waals surface area contributed by atoms with Gasteiger partial charge < -0.3 is 9.80 Å². The molecule has 1 aromatic heterocycles. The molecule has 196 valence electrons. The molecule has 5 heteroatoms. The van der Waals surface area contributed by atoms with Crippen molar-refractivity contribution < 1.29 is 9.59 Å². The van der Waals surface area contributed by atoms with Crippen LogP contribution in [0, 0.1) is 0 Å². The van der Waals surface area contributed by atoms with Gasteiger partial charge in [-0.1, -0.05) is 73.9 Å². The molecule has 3 aliphatic rings. The van der Waals surface area contributed by atoms with E-state index in [0.717, 1.165) is 33.7 Å². The van der Waals surface area contributed by atoms with Crippen LogP contribution in [-0.4, -0.2) is 40.7 Å². The zero-order valence-electron chi connectivity index (χ0n) is 22.3. The molecule has 3 atom stereocenters. The Bertz CT molecular complexity index is 1350. The molecule has 0 N–H and O–H groups in total. The molecule has 2 fully saturated rings. The van der Waals surface area contributed by atoms with Crippen LogP contribution in [0.25, 0.3) is 10.4 Å². The smallest absolute Gasteiger partial charge is 0.263 e. The first kappa shape index (κ1) is 25.1. The Morgan fingerprint density at radius 1 is 0.974 bits per heavy atom. The highest BCUT2D eigenvalue weighted by Gasteiger charge is 2.46. The molecule has 0 spiro atoms. The third-order valence-corrected chi connectivity index (χ3v) is 9.98. The summed E-state index contributed by atoms with van der Waals surface area (Å²) in [6, 6.07) is 21.1. The van der Waals surface area contributed by atoms with E-state index < -0.39 is 0 Å². The van der Waals surface area contributed by atoms with Crippen molar-refractivity contribution in [3.05, 3.63) is 94.4 Å². The highest BCUT2D eigenvalue weighted by atomic mass is 32.1. The average molecular weight is 525 g/mol. The lowest BCUT2D eigenvalue weighted by Crippen LogP contribution is -2.50. The molecule has 6 rings (SSSR count). The Balaban J connectivity index is 1.19. The van der Waals surface area contributed by atoms with Crippen LogP contribution in [0.2, 0.25) is 0 Å². The minimum atomic E-state index is -0.0134. The maximum Gasteiger partial charge on any atom is 0.263 e. The zero-order chi connectivity index (χ0) is 26.2. The van der Waals surface area contributed by atoms with Gasteiger partial charge in [0.2, 0.25) is 0 Å². The molecule has 2 aliphatic heterocycles. The van der Waals surface area contributed by atoms with E-state index in [0.29, 0.717) is 5.92 Å². The molecule has 0 radical (unpaired) electrons. The maximum atomic E-state index is 13.7. The molecule has 1 aliphatic carbocycles. The minimum absolute atomic E-state index is 0.00970. The van der Waals surface area contributed by atoms with Crippen molar-refractivity contribution >= 4 is 23.2 Å². The highest BCUT2D eigenvalue weighted by Crippen LogP contribution is 2.44. The number of benzene rings is 2. The van der Waals surface area contributed by atoms with Crippen LogP contribution in [0.15, 0.2) is 72.8 Å². The summed E-state index contributed by atoms with van der Waals surface area (Å²) in [4.78, 5) is 32.7. The lowest BCUT2D eigenvalue weighted by molar-refractivity contribution is 0.0377. The Labute approximate surface area is 230 Å². The van der Waals surface area contributed by atoms with Crippen molar-refractivity contribution in [1.29, 1.82) is 0 Å². The van der Waals surface area contributed by atoms with Crippen molar-refractivity contribution in [3.8, 4) is 10.4 Å². The molecule has 2 aromatic carbocycles. The maximum absolute atomic E-state index is 13.7. The number of fused-ring (bicyclic) bond motifs is 3. The second-order valence-electron chi connectivity index (χ2n) is 11.1. The molecule has 1 saturated heterocycles. The lowest BCUT2D eigenvalue weighted by Gasteiger charge is -2.43. The van der Waals surface area contributed by atoms with Crippen LogP contribution in [-0.2, 0) is 0 Å².